The third kappa shape index (κ3) is 3.62. The number of anilines is 1. The summed E-state index contributed by atoms with van der Waals surface area (Å²) in [7, 11) is -1.40. The van der Waals surface area contributed by atoms with E-state index in [4.69, 9.17) is 0 Å². The van der Waals surface area contributed by atoms with Gasteiger partial charge in [-0.05, 0) is 11.0 Å². The van der Waals surface area contributed by atoms with Crippen molar-refractivity contribution in [1.82, 2.24) is 9.88 Å². The van der Waals surface area contributed by atoms with Crippen LogP contribution in [0.3, 0.4) is 0 Å². The van der Waals surface area contributed by atoms with Crippen molar-refractivity contribution >= 4 is 29.0 Å². The Balaban J connectivity index is 1.57. The van der Waals surface area contributed by atoms with Gasteiger partial charge in [0, 0.05) is 44.3 Å². The maximum atomic E-state index is 9.22. The third-order valence-electron chi connectivity index (χ3n) is 3.72. The molecule has 1 aromatic heterocycles. The quantitative estimate of drug-likeness (QED) is 0.787. The molecule has 2 N–H and O–H groups in total. The molecule has 0 bridgehead atoms. The zero-order valence-corrected chi connectivity index (χ0v) is 12.5. The maximum Gasteiger partial charge on any atom is 0.488 e. The highest BCUT2D eigenvalue weighted by Crippen LogP contribution is 2.19. The van der Waals surface area contributed by atoms with E-state index in [9.17, 15) is 10.0 Å². The highest BCUT2D eigenvalue weighted by atomic mass is 32.1. The predicted molar refractivity (Wildman–Crippen MR) is 85.9 cm³/mol. The molecular weight excluding hydrogens is 285 g/mol. The van der Waals surface area contributed by atoms with Crippen LogP contribution in [-0.2, 0) is 6.54 Å². The highest BCUT2D eigenvalue weighted by molar-refractivity contribution is 7.13. The number of hydrogen-bond donors (Lipinski definition) is 2. The largest absolute Gasteiger partial charge is 0.488 e. The van der Waals surface area contributed by atoms with E-state index < -0.39 is 7.12 Å². The van der Waals surface area contributed by atoms with Gasteiger partial charge < -0.3 is 14.9 Å². The standard InChI is InChI=1S/C14H18BN3O2S/c19-15(20)13-3-1-2-12(10-13)11-17-5-7-18(8-6-17)14-16-4-9-21-14/h1-4,9-10,19-20H,5-8,11H2. The first-order chi connectivity index (χ1) is 10.2. The van der Waals surface area contributed by atoms with E-state index in [1.807, 2.05) is 29.8 Å². The molecule has 0 spiro atoms. The van der Waals surface area contributed by atoms with Gasteiger partial charge in [-0.2, -0.15) is 0 Å². The Kier molecular flexibility index (Phi) is 4.55. The van der Waals surface area contributed by atoms with Crippen LogP contribution in [0.25, 0.3) is 0 Å². The first-order valence-electron chi connectivity index (χ1n) is 7.04. The van der Waals surface area contributed by atoms with E-state index in [-0.39, 0.29) is 0 Å². The number of aromatic nitrogens is 1. The summed E-state index contributed by atoms with van der Waals surface area (Å²) in [5.41, 5.74) is 1.66. The Hall–Kier alpha value is -1.41. The normalized spacial score (nSPS) is 16.2. The molecule has 0 saturated carbocycles. The molecule has 0 atom stereocenters. The van der Waals surface area contributed by atoms with Crippen molar-refractivity contribution in [3.05, 3.63) is 41.4 Å². The van der Waals surface area contributed by atoms with E-state index in [1.54, 1.807) is 17.4 Å². The van der Waals surface area contributed by atoms with Gasteiger partial charge in [-0.25, -0.2) is 4.98 Å². The molecule has 2 heterocycles. The lowest BCUT2D eigenvalue weighted by atomic mass is 9.79. The molecule has 1 fully saturated rings. The summed E-state index contributed by atoms with van der Waals surface area (Å²) in [6, 6.07) is 7.49. The molecule has 7 heteroatoms. The van der Waals surface area contributed by atoms with E-state index in [0.717, 1.165) is 43.4 Å². The number of thiazole rings is 1. The molecule has 1 aliphatic heterocycles. The lowest BCUT2D eigenvalue weighted by Gasteiger charge is -2.34. The Morgan fingerprint density at radius 2 is 2.00 bits per heavy atom. The van der Waals surface area contributed by atoms with E-state index in [1.165, 1.54) is 0 Å². The molecular formula is C14H18BN3O2S. The fourth-order valence-corrected chi connectivity index (χ4v) is 3.28. The first kappa shape index (κ1) is 14.5. The molecule has 2 aromatic rings. The molecule has 110 valence electrons. The fourth-order valence-electron chi connectivity index (χ4n) is 2.58. The average Bonchev–Trinajstić information content (AvgIpc) is 3.02. The zero-order valence-electron chi connectivity index (χ0n) is 11.7. The molecule has 0 aliphatic carbocycles. The summed E-state index contributed by atoms with van der Waals surface area (Å²) in [4.78, 5) is 9.05. The van der Waals surface area contributed by atoms with Crippen LogP contribution in [0.1, 0.15) is 5.56 Å². The Morgan fingerprint density at radius 3 is 2.67 bits per heavy atom. The van der Waals surface area contributed by atoms with Crippen molar-refractivity contribution < 1.29 is 10.0 Å². The zero-order chi connectivity index (χ0) is 14.7. The van der Waals surface area contributed by atoms with Crippen molar-refractivity contribution in [2.75, 3.05) is 31.1 Å². The van der Waals surface area contributed by atoms with Gasteiger partial charge in [0.05, 0.1) is 0 Å². The summed E-state index contributed by atoms with van der Waals surface area (Å²) in [5.74, 6) is 0. The Morgan fingerprint density at radius 1 is 1.19 bits per heavy atom. The van der Waals surface area contributed by atoms with Crippen LogP contribution in [-0.4, -0.2) is 53.2 Å². The van der Waals surface area contributed by atoms with Crippen molar-refractivity contribution in [2.45, 2.75) is 6.54 Å². The number of hydrogen-bond acceptors (Lipinski definition) is 6. The fraction of sp³-hybridized carbons (Fsp3) is 0.357. The summed E-state index contributed by atoms with van der Waals surface area (Å²) < 4.78 is 0. The van der Waals surface area contributed by atoms with Crippen molar-refractivity contribution in [1.29, 1.82) is 0 Å². The van der Waals surface area contributed by atoms with Crippen LogP contribution >= 0.6 is 11.3 Å². The van der Waals surface area contributed by atoms with Crippen LogP contribution in [0.4, 0.5) is 5.13 Å². The summed E-state index contributed by atoms with van der Waals surface area (Å²) in [5, 5.41) is 21.6. The second-order valence-electron chi connectivity index (χ2n) is 5.20. The number of benzene rings is 1. The average molecular weight is 303 g/mol. The van der Waals surface area contributed by atoms with Gasteiger partial charge in [0.1, 0.15) is 0 Å². The topological polar surface area (TPSA) is 59.8 Å². The number of rotatable bonds is 4. The van der Waals surface area contributed by atoms with Crippen LogP contribution in [0.5, 0.6) is 0 Å². The molecule has 1 aliphatic rings. The molecule has 1 saturated heterocycles. The first-order valence-corrected chi connectivity index (χ1v) is 7.92. The molecule has 1 aromatic carbocycles. The van der Waals surface area contributed by atoms with Crippen molar-refractivity contribution in [2.24, 2.45) is 0 Å². The summed E-state index contributed by atoms with van der Waals surface area (Å²) in [6.07, 6.45) is 1.85. The highest BCUT2D eigenvalue weighted by Gasteiger charge is 2.19. The van der Waals surface area contributed by atoms with Gasteiger partial charge in [-0.3, -0.25) is 4.90 Å². The molecule has 0 radical (unpaired) electrons. The van der Waals surface area contributed by atoms with Gasteiger partial charge in [0.25, 0.3) is 0 Å². The molecule has 3 rings (SSSR count). The minimum Gasteiger partial charge on any atom is -0.423 e. The van der Waals surface area contributed by atoms with Crippen LogP contribution < -0.4 is 10.4 Å². The van der Waals surface area contributed by atoms with E-state index in [0.29, 0.717) is 5.46 Å². The van der Waals surface area contributed by atoms with Gasteiger partial charge in [-0.1, -0.05) is 24.3 Å². The monoisotopic (exact) mass is 303 g/mol. The molecule has 0 amide bonds. The summed E-state index contributed by atoms with van der Waals surface area (Å²) >= 11 is 1.68. The SMILES string of the molecule is OB(O)c1cccc(CN2CCN(c3nccs3)CC2)c1. The summed E-state index contributed by atoms with van der Waals surface area (Å²) in [6.45, 7) is 4.79. The van der Waals surface area contributed by atoms with Gasteiger partial charge in [0.15, 0.2) is 5.13 Å². The second-order valence-corrected chi connectivity index (χ2v) is 6.07. The molecule has 0 unspecified atom stereocenters. The second kappa shape index (κ2) is 6.57. The smallest absolute Gasteiger partial charge is 0.423 e. The van der Waals surface area contributed by atoms with Crippen molar-refractivity contribution in [3.63, 3.8) is 0 Å². The minimum atomic E-state index is -1.40. The Labute approximate surface area is 128 Å². The number of nitrogens with zero attached hydrogens (tertiary/aromatic N) is 3. The number of piperazine rings is 1. The lowest BCUT2D eigenvalue weighted by Crippen LogP contribution is -2.46. The Bertz CT molecular complexity index is 571. The van der Waals surface area contributed by atoms with E-state index in [2.05, 4.69) is 14.8 Å². The minimum absolute atomic E-state index is 0.550. The van der Waals surface area contributed by atoms with Gasteiger partial charge >= 0.3 is 7.12 Å². The maximum absolute atomic E-state index is 9.22. The van der Waals surface area contributed by atoms with Crippen molar-refractivity contribution in [3.8, 4) is 0 Å². The lowest BCUT2D eigenvalue weighted by molar-refractivity contribution is 0.250. The van der Waals surface area contributed by atoms with E-state index >= 15 is 0 Å². The predicted octanol–water partition coefficient (Wildman–Crippen LogP) is 0.145. The van der Waals surface area contributed by atoms with Gasteiger partial charge in [0.2, 0.25) is 0 Å². The van der Waals surface area contributed by atoms with Crippen LogP contribution in [0.15, 0.2) is 35.8 Å². The van der Waals surface area contributed by atoms with Gasteiger partial charge in [-0.15, -0.1) is 11.3 Å². The van der Waals surface area contributed by atoms with Crippen LogP contribution in [0, 0.1) is 0 Å². The third-order valence-corrected chi connectivity index (χ3v) is 4.55. The van der Waals surface area contributed by atoms with Crippen LogP contribution in [0.2, 0.25) is 0 Å². The molecule has 5 nitrogen and oxygen atoms in total. The molecule has 21 heavy (non-hydrogen) atoms.